The summed E-state index contributed by atoms with van der Waals surface area (Å²) in [7, 11) is 0. The van der Waals surface area contributed by atoms with Crippen molar-refractivity contribution in [1.82, 2.24) is 0 Å². The molecule has 92 valence electrons. The zero-order valence-electron chi connectivity index (χ0n) is 9.54. The minimum Gasteiger partial charge on any atom is -0.482 e. The van der Waals surface area contributed by atoms with E-state index in [0.717, 1.165) is 5.57 Å². The minimum atomic E-state index is -1.03. The maximum Gasteiger partial charge on any atom is 0.341 e. The summed E-state index contributed by atoms with van der Waals surface area (Å²) in [5.74, 6) is -0.667. The number of carbonyl (C=O) groups is 2. The molecule has 0 spiro atoms. The number of oxime groups is 1. The molecule has 17 heavy (non-hydrogen) atoms. The molecule has 1 aliphatic rings. The van der Waals surface area contributed by atoms with Crippen LogP contribution in [0.4, 0.5) is 0 Å². The second-order valence-electron chi connectivity index (χ2n) is 3.55. The lowest BCUT2D eigenvalue weighted by molar-refractivity contribution is -0.140. The Hall–Kier alpha value is -2.11. The van der Waals surface area contributed by atoms with Crippen LogP contribution in [-0.4, -0.2) is 29.9 Å². The first-order chi connectivity index (χ1) is 8.04. The highest BCUT2D eigenvalue weighted by atomic mass is 16.7. The van der Waals surface area contributed by atoms with Crippen molar-refractivity contribution in [2.75, 3.05) is 6.61 Å². The summed E-state index contributed by atoms with van der Waals surface area (Å²) in [6, 6.07) is 0. The molecule has 0 amide bonds. The van der Waals surface area contributed by atoms with E-state index in [1.807, 2.05) is 6.92 Å². The first-order valence-corrected chi connectivity index (χ1v) is 4.97. The smallest absolute Gasteiger partial charge is 0.341 e. The average Bonchev–Trinajstić information content (AvgIpc) is 2.25. The molecule has 0 saturated carbocycles. The normalized spacial score (nSPS) is 21.5. The second-order valence-corrected chi connectivity index (χ2v) is 3.55. The van der Waals surface area contributed by atoms with Gasteiger partial charge in [-0.05, 0) is 24.6 Å². The molecule has 0 aromatic carbocycles. The van der Waals surface area contributed by atoms with Gasteiger partial charge in [0.15, 0.2) is 6.61 Å². The van der Waals surface area contributed by atoms with Crippen LogP contribution in [0.25, 0.3) is 0 Å². The van der Waals surface area contributed by atoms with Gasteiger partial charge in [-0.25, -0.2) is 4.79 Å². The Morgan fingerprint density at radius 1 is 1.65 bits per heavy atom. The van der Waals surface area contributed by atoms with Gasteiger partial charge < -0.3 is 14.7 Å². The van der Waals surface area contributed by atoms with Gasteiger partial charge in [-0.15, -0.1) is 0 Å². The first kappa shape index (κ1) is 13.0. The van der Waals surface area contributed by atoms with Crippen molar-refractivity contribution in [3.63, 3.8) is 0 Å². The number of carboxylic acids is 1. The van der Waals surface area contributed by atoms with Crippen LogP contribution in [0, 0.1) is 5.92 Å². The third-order valence-electron chi connectivity index (χ3n) is 2.16. The predicted molar refractivity (Wildman–Crippen MR) is 59.2 cm³/mol. The molecule has 0 radical (unpaired) electrons. The lowest BCUT2D eigenvalue weighted by Crippen LogP contribution is -2.17. The van der Waals surface area contributed by atoms with Gasteiger partial charge in [0, 0.05) is 5.92 Å². The number of rotatable bonds is 5. The summed E-state index contributed by atoms with van der Waals surface area (Å²) in [6.45, 7) is 3.47. The zero-order valence-corrected chi connectivity index (χ0v) is 9.54. The summed E-state index contributed by atoms with van der Waals surface area (Å²) < 4.78 is 5.06. The third kappa shape index (κ3) is 3.75. The lowest BCUT2D eigenvalue weighted by atomic mass is 9.93. The Morgan fingerprint density at radius 2 is 2.35 bits per heavy atom. The number of ether oxygens (including phenoxy) is 1. The fraction of sp³-hybridized carbons (Fsp3) is 0.364. The Bertz CT molecular complexity index is 408. The van der Waals surface area contributed by atoms with Gasteiger partial charge in [0.05, 0.1) is 5.71 Å². The van der Waals surface area contributed by atoms with E-state index in [2.05, 4.69) is 9.99 Å². The standard InChI is InChI=1S/C11H13NO5/c1-7-3-9(16-5-10(14)15)4-8(2)11(7)12-17-6-13/h3-4,6-7H,5H2,1-2H3,(H,14,15). The van der Waals surface area contributed by atoms with Gasteiger partial charge >= 0.3 is 12.4 Å². The maximum atomic E-state index is 10.4. The quantitative estimate of drug-likeness (QED) is 0.441. The molecule has 1 atom stereocenters. The minimum absolute atomic E-state index is 0.108. The number of carboxylic acid groups (broad SMARTS) is 1. The molecule has 1 rings (SSSR count). The Balaban J connectivity index is 2.76. The first-order valence-electron chi connectivity index (χ1n) is 4.97. The number of carbonyl (C=O) groups excluding carboxylic acids is 1. The van der Waals surface area contributed by atoms with E-state index in [1.54, 1.807) is 19.1 Å². The van der Waals surface area contributed by atoms with E-state index in [0.29, 0.717) is 11.5 Å². The van der Waals surface area contributed by atoms with Gasteiger partial charge in [0.25, 0.3) is 0 Å². The van der Waals surface area contributed by atoms with Crippen LogP contribution in [0.2, 0.25) is 0 Å². The maximum absolute atomic E-state index is 10.4. The second kappa shape index (κ2) is 5.83. The van der Waals surface area contributed by atoms with Crippen LogP contribution < -0.4 is 0 Å². The van der Waals surface area contributed by atoms with Crippen LogP contribution in [0.3, 0.4) is 0 Å². The van der Waals surface area contributed by atoms with E-state index in [-0.39, 0.29) is 19.0 Å². The fourth-order valence-corrected chi connectivity index (χ4v) is 1.49. The molecule has 1 N–H and O–H groups in total. The molecule has 0 aliphatic heterocycles. The van der Waals surface area contributed by atoms with Crippen LogP contribution in [0.15, 0.2) is 28.6 Å². The molecule has 0 heterocycles. The molecule has 0 bridgehead atoms. The number of aliphatic carboxylic acids is 1. The third-order valence-corrected chi connectivity index (χ3v) is 2.16. The lowest BCUT2D eigenvalue weighted by Gasteiger charge is -2.18. The molecular formula is C11H13NO5. The summed E-state index contributed by atoms with van der Waals surface area (Å²) in [6.07, 6.45) is 3.36. The van der Waals surface area contributed by atoms with Crippen molar-refractivity contribution in [2.45, 2.75) is 13.8 Å². The van der Waals surface area contributed by atoms with Crippen molar-refractivity contribution >= 4 is 18.2 Å². The molecule has 0 saturated heterocycles. The molecule has 6 nitrogen and oxygen atoms in total. The summed E-state index contributed by atoms with van der Waals surface area (Å²) in [5, 5.41) is 12.1. The monoisotopic (exact) mass is 239 g/mol. The Labute approximate surface area is 98.2 Å². The molecule has 6 heteroatoms. The largest absolute Gasteiger partial charge is 0.482 e. The highest BCUT2D eigenvalue weighted by Gasteiger charge is 2.18. The molecule has 1 aliphatic carbocycles. The van der Waals surface area contributed by atoms with Crippen LogP contribution in [0.1, 0.15) is 13.8 Å². The van der Waals surface area contributed by atoms with E-state index >= 15 is 0 Å². The number of hydrogen-bond acceptors (Lipinski definition) is 5. The van der Waals surface area contributed by atoms with Gasteiger partial charge in [0.1, 0.15) is 5.76 Å². The van der Waals surface area contributed by atoms with Crippen LogP contribution in [0.5, 0.6) is 0 Å². The van der Waals surface area contributed by atoms with Crippen molar-refractivity contribution in [3.8, 4) is 0 Å². The molecule has 0 fully saturated rings. The van der Waals surface area contributed by atoms with Crippen molar-refractivity contribution < 1.29 is 24.3 Å². The molecule has 0 aromatic rings. The number of hydrogen-bond donors (Lipinski definition) is 1. The fourth-order valence-electron chi connectivity index (χ4n) is 1.49. The van der Waals surface area contributed by atoms with Gasteiger partial charge in [0.2, 0.25) is 0 Å². The van der Waals surface area contributed by atoms with Gasteiger partial charge in [-0.3, -0.25) is 4.79 Å². The molecular weight excluding hydrogens is 226 g/mol. The Morgan fingerprint density at radius 3 is 2.88 bits per heavy atom. The predicted octanol–water partition coefficient (Wildman–Crippen LogP) is 1.10. The van der Waals surface area contributed by atoms with Crippen molar-refractivity contribution in [1.29, 1.82) is 0 Å². The van der Waals surface area contributed by atoms with Crippen LogP contribution in [-0.2, 0) is 19.2 Å². The summed E-state index contributed by atoms with van der Waals surface area (Å²) in [5.41, 5.74) is 1.38. The summed E-state index contributed by atoms with van der Waals surface area (Å²) >= 11 is 0. The van der Waals surface area contributed by atoms with Crippen molar-refractivity contribution in [2.24, 2.45) is 11.1 Å². The highest BCUT2D eigenvalue weighted by molar-refractivity contribution is 6.03. The van der Waals surface area contributed by atoms with E-state index in [4.69, 9.17) is 9.84 Å². The summed E-state index contributed by atoms with van der Waals surface area (Å²) in [4.78, 5) is 24.8. The van der Waals surface area contributed by atoms with E-state index < -0.39 is 5.97 Å². The number of allylic oxidation sites excluding steroid dienone is 3. The van der Waals surface area contributed by atoms with Gasteiger partial charge in [-0.1, -0.05) is 12.1 Å². The Kier molecular flexibility index (Phi) is 4.45. The van der Waals surface area contributed by atoms with Crippen LogP contribution >= 0.6 is 0 Å². The average molecular weight is 239 g/mol. The zero-order chi connectivity index (χ0) is 12.8. The van der Waals surface area contributed by atoms with Crippen molar-refractivity contribution in [3.05, 3.63) is 23.5 Å². The number of nitrogens with zero attached hydrogens (tertiary/aromatic N) is 1. The van der Waals surface area contributed by atoms with Gasteiger partial charge in [-0.2, -0.15) is 0 Å². The molecule has 1 unspecified atom stereocenters. The SMILES string of the molecule is CC1=CC(OCC(=O)O)=CC(C)C1=NOC=O. The van der Waals surface area contributed by atoms with E-state index in [9.17, 15) is 9.59 Å². The highest BCUT2D eigenvalue weighted by Crippen LogP contribution is 2.21. The van der Waals surface area contributed by atoms with E-state index in [1.165, 1.54) is 0 Å². The molecule has 0 aromatic heterocycles. The topological polar surface area (TPSA) is 85.2 Å².